The molecule has 0 aromatic heterocycles. The fourth-order valence-corrected chi connectivity index (χ4v) is 1.69. The van der Waals surface area contributed by atoms with Crippen molar-refractivity contribution in [3.63, 3.8) is 0 Å². The highest BCUT2D eigenvalue weighted by molar-refractivity contribution is 5.43. The molecule has 0 spiro atoms. The van der Waals surface area contributed by atoms with E-state index in [-0.39, 0.29) is 12.4 Å². The van der Waals surface area contributed by atoms with E-state index in [0.717, 1.165) is 5.56 Å². The van der Waals surface area contributed by atoms with Gasteiger partial charge in [0, 0.05) is 5.56 Å². The molecule has 0 amide bonds. The zero-order valence-electron chi connectivity index (χ0n) is 9.73. The molecule has 1 aromatic rings. The lowest BCUT2D eigenvalue weighted by Gasteiger charge is -2.13. The van der Waals surface area contributed by atoms with Crippen molar-refractivity contribution < 1.29 is 18.9 Å². The van der Waals surface area contributed by atoms with Crippen LogP contribution in [0.1, 0.15) is 18.8 Å². The summed E-state index contributed by atoms with van der Waals surface area (Å²) in [4.78, 5) is 0. The Balaban J connectivity index is 2.22. The van der Waals surface area contributed by atoms with E-state index >= 15 is 0 Å². The molecule has 4 nitrogen and oxygen atoms in total. The first-order valence-corrected chi connectivity index (χ1v) is 5.23. The van der Waals surface area contributed by atoms with Crippen LogP contribution in [0.4, 0.5) is 0 Å². The van der Waals surface area contributed by atoms with E-state index in [1.54, 1.807) is 14.2 Å². The molecular formula is C12H16O4. The Bertz CT molecular complexity index is 364. The molecule has 1 aliphatic rings. The van der Waals surface area contributed by atoms with Gasteiger partial charge in [0.1, 0.15) is 0 Å². The predicted molar refractivity (Wildman–Crippen MR) is 58.8 cm³/mol. The highest BCUT2D eigenvalue weighted by atomic mass is 16.7. The van der Waals surface area contributed by atoms with E-state index in [9.17, 15) is 0 Å². The van der Waals surface area contributed by atoms with Crippen LogP contribution in [0.3, 0.4) is 0 Å². The van der Waals surface area contributed by atoms with Crippen molar-refractivity contribution >= 4 is 0 Å². The molecule has 0 N–H and O–H groups in total. The summed E-state index contributed by atoms with van der Waals surface area (Å²) in [5, 5.41) is 0. The quantitative estimate of drug-likeness (QED) is 0.788. The Labute approximate surface area is 95.1 Å². The van der Waals surface area contributed by atoms with Gasteiger partial charge in [0.15, 0.2) is 17.8 Å². The van der Waals surface area contributed by atoms with E-state index < -0.39 is 0 Å². The molecule has 1 aliphatic heterocycles. The van der Waals surface area contributed by atoms with Crippen LogP contribution >= 0.6 is 0 Å². The molecule has 0 saturated carbocycles. The largest absolute Gasteiger partial charge is 0.493 e. The van der Waals surface area contributed by atoms with Crippen LogP contribution in [0.2, 0.25) is 0 Å². The summed E-state index contributed by atoms with van der Waals surface area (Å²) in [5.41, 5.74) is 0.946. The summed E-state index contributed by atoms with van der Waals surface area (Å²) < 4.78 is 21.5. The summed E-state index contributed by atoms with van der Waals surface area (Å²) in [6, 6.07) is 5.65. The monoisotopic (exact) mass is 224 g/mol. The van der Waals surface area contributed by atoms with Gasteiger partial charge in [0.2, 0.25) is 0 Å². The zero-order chi connectivity index (χ0) is 11.5. The van der Waals surface area contributed by atoms with E-state index in [0.29, 0.717) is 18.1 Å². The maximum atomic E-state index is 5.60. The Kier molecular flexibility index (Phi) is 3.31. The Hall–Kier alpha value is -1.26. The van der Waals surface area contributed by atoms with Crippen molar-refractivity contribution in [2.45, 2.75) is 19.3 Å². The standard InChI is InChI=1S/C12H16O4/c1-8-7-15-12(16-8)9-4-5-10(13-2)11(6-9)14-3/h4-6,8,12H,7H2,1-3H3/t8-,12+/m1/s1. The molecule has 16 heavy (non-hydrogen) atoms. The van der Waals surface area contributed by atoms with Crippen LogP contribution in [0.25, 0.3) is 0 Å². The van der Waals surface area contributed by atoms with Crippen molar-refractivity contribution in [1.29, 1.82) is 0 Å². The van der Waals surface area contributed by atoms with Crippen LogP contribution in [0.15, 0.2) is 18.2 Å². The first-order chi connectivity index (χ1) is 7.74. The second-order valence-electron chi connectivity index (χ2n) is 3.73. The minimum absolute atomic E-state index is 0.137. The van der Waals surface area contributed by atoms with Gasteiger partial charge >= 0.3 is 0 Å². The Morgan fingerprint density at radius 3 is 2.50 bits per heavy atom. The number of ether oxygens (including phenoxy) is 4. The Morgan fingerprint density at radius 2 is 1.94 bits per heavy atom. The lowest BCUT2D eigenvalue weighted by Crippen LogP contribution is -2.03. The lowest BCUT2D eigenvalue weighted by atomic mass is 10.2. The van der Waals surface area contributed by atoms with Crippen LogP contribution in [0, 0.1) is 0 Å². The van der Waals surface area contributed by atoms with Crippen molar-refractivity contribution in [2.24, 2.45) is 0 Å². The van der Waals surface area contributed by atoms with Gasteiger partial charge in [-0.1, -0.05) is 6.07 Å². The molecule has 2 rings (SSSR count). The van der Waals surface area contributed by atoms with E-state index in [2.05, 4.69) is 0 Å². The summed E-state index contributed by atoms with van der Waals surface area (Å²) in [7, 11) is 3.22. The molecular weight excluding hydrogens is 208 g/mol. The third kappa shape index (κ3) is 2.13. The summed E-state index contributed by atoms with van der Waals surface area (Å²) in [6.07, 6.45) is -0.159. The second kappa shape index (κ2) is 4.72. The van der Waals surface area contributed by atoms with Gasteiger partial charge in [0.05, 0.1) is 26.9 Å². The second-order valence-corrected chi connectivity index (χ2v) is 3.73. The van der Waals surface area contributed by atoms with Gasteiger partial charge in [-0.3, -0.25) is 0 Å². The van der Waals surface area contributed by atoms with Gasteiger partial charge < -0.3 is 18.9 Å². The first-order valence-electron chi connectivity index (χ1n) is 5.23. The minimum atomic E-state index is -0.296. The molecule has 0 bridgehead atoms. The lowest BCUT2D eigenvalue weighted by molar-refractivity contribution is -0.0573. The molecule has 0 radical (unpaired) electrons. The maximum Gasteiger partial charge on any atom is 0.184 e. The van der Waals surface area contributed by atoms with E-state index in [1.165, 1.54) is 0 Å². The van der Waals surface area contributed by atoms with Gasteiger partial charge in [0.25, 0.3) is 0 Å². The molecule has 4 heteroatoms. The SMILES string of the molecule is COc1ccc([C@H]2OC[C@@H](C)O2)cc1OC. The first kappa shape index (κ1) is 11.2. The van der Waals surface area contributed by atoms with Crippen LogP contribution < -0.4 is 9.47 Å². The molecule has 1 aromatic carbocycles. The number of rotatable bonds is 3. The van der Waals surface area contributed by atoms with Crippen molar-refractivity contribution in [3.8, 4) is 11.5 Å². The smallest absolute Gasteiger partial charge is 0.184 e. The fourth-order valence-electron chi connectivity index (χ4n) is 1.69. The zero-order valence-corrected chi connectivity index (χ0v) is 9.73. The highest BCUT2D eigenvalue weighted by Gasteiger charge is 2.24. The van der Waals surface area contributed by atoms with Gasteiger partial charge in [-0.25, -0.2) is 0 Å². The highest BCUT2D eigenvalue weighted by Crippen LogP contribution is 2.33. The average molecular weight is 224 g/mol. The fraction of sp³-hybridized carbons (Fsp3) is 0.500. The molecule has 1 saturated heterocycles. The van der Waals surface area contributed by atoms with E-state index in [1.807, 2.05) is 25.1 Å². The number of hydrogen-bond donors (Lipinski definition) is 0. The van der Waals surface area contributed by atoms with Gasteiger partial charge in [-0.2, -0.15) is 0 Å². The average Bonchev–Trinajstić information content (AvgIpc) is 2.75. The van der Waals surface area contributed by atoms with Crippen molar-refractivity contribution in [2.75, 3.05) is 20.8 Å². The van der Waals surface area contributed by atoms with Gasteiger partial charge in [-0.05, 0) is 19.1 Å². The van der Waals surface area contributed by atoms with E-state index in [4.69, 9.17) is 18.9 Å². The minimum Gasteiger partial charge on any atom is -0.493 e. The number of hydrogen-bond acceptors (Lipinski definition) is 4. The summed E-state index contributed by atoms with van der Waals surface area (Å²) >= 11 is 0. The third-order valence-electron chi connectivity index (χ3n) is 2.52. The molecule has 0 unspecified atom stereocenters. The molecule has 2 atom stereocenters. The number of methoxy groups -OCH3 is 2. The third-order valence-corrected chi connectivity index (χ3v) is 2.52. The van der Waals surface area contributed by atoms with Crippen LogP contribution in [-0.4, -0.2) is 26.9 Å². The molecule has 0 aliphatic carbocycles. The van der Waals surface area contributed by atoms with Crippen molar-refractivity contribution in [3.05, 3.63) is 23.8 Å². The Morgan fingerprint density at radius 1 is 1.19 bits per heavy atom. The molecule has 88 valence electrons. The molecule has 1 heterocycles. The predicted octanol–water partition coefficient (Wildman–Crippen LogP) is 2.14. The van der Waals surface area contributed by atoms with Crippen LogP contribution in [0.5, 0.6) is 11.5 Å². The normalized spacial score (nSPS) is 24.4. The summed E-state index contributed by atoms with van der Waals surface area (Å²) in [6.45, 7) is 2.61. The number of benzene rings is 1. The topological polar surface area (TPSA) is 36.9 Å². The van der Waals surface area contributed by atoms with Crippen molar-refractivity contribution in [1.82, 2.24) is 0 Å². The maximum absolute atomic E-state index is 5.60. The van der Waals surface area contributed by atoms with Gasteiger partial charge in [-0.15, -0.1) is 0 Å². The summed E-state index contributed by atoms with van der Waals surface area (Å²) in [5.74, 6) is 1.39. The molecule has 1 fully saturated rings. The van der Waals surface area contributed by atoms with Crippen LogP contribution in [-0.2, 0) is 9.47 Å².